The van der Waals surface area contributed by atoms with Crippen LogP contribution in [0.5, 0.6) is 5.75 Å². The molecule has 35 heavy (non-hydrogen) atoms. The van der Waals surface area contributed by atoms with Crippen molar-refractivity contribution in [1.29, 1.82) is 0 Å². The highest BCUT2D eigenvalue weighted by atomic mass is 79.9. The summed E-state index contributed by atoms with van der Waals surface area (Å²) in [7, 11) is 1.61. The number of amides is 2. The first-order chi connectivity index (χ1) is 17.0. The fraction of sp³-hybridized carbons (Fsp3) is 0.0769. The minimum atomic E-state index is -0.453. The third-order valence-electron chi connectivity index (χ3n) is 5.02. The van der Waals surface area contributed by atoms with Crippen molar-refractivity contribution in [3.63, 3.8) is 0 Å². The Hall–Kier alpha value is -4.24. The lowest BCUT2D eigenvalue weighted by Gasteiger charge is -2.04. The van der Waals surface area contributed by atoms with Crippen LogP contribution in [0, 0.1) is 0 Å². The molecule has 0 atom stereocenters. The summed E-state index contributed by atoms with van der Waals surface area (Å²) in [5.74, 6) is -0.0639. The summed E-state index contributed by atoms with van der Waals surface area (Å²) in [6.45, 7) is -0.211. The van der Waals surface area contributed by atoms with Crippen LogP contribution >= 0.6 is 15.9 Å². The Morgan fingerprint density at radius 3 is 2.54 bits per heavy atom. The number of carbonyl (C=O) groups excluding carboxylic acids is 2. The summed E-state index contributed by atoms with van der Waals surface area (Å²) < 4.78 is 7.77. The molecule has 0 radical (unpaired) electrons. The molecule has 0 spiro atoms. The van der Waals surface area contributed by atoms with Crippen LogP contribution in [-0.2, 0) is 4.79 Å². The molecule has 8 nitrogen and oxygen atoms in total. The number of benzene rings is 3. The molecule has 0 fully saturated rings. The Bertz CT molecular complexity index is 1350. The molecule has 0 bridgehead atoms. The molecule has 1 aromatic heterocycles. The van der Waals surface area contributed by atoms with Crippen LogP contribution in [0.3, 0.4) is 0 Å². The van der Waals surface area contributed by atoms with E-state index in [0.717, 1.165) is 21.5 Å². The molecule has 4 aromatic rings. The van der Waals surface area contributed by atoms with Crippen LogP contribution in [0.2, 0.25) is 0 Å². The first-order valence-electron chi connectivity index (χ1n) is 10.7. The van der Waals surface area contributed by atoms with Gasteiger partial charge in [-0.3, -0.25) is 9.59 Å². The maximum Gasteiger partial charge on any atom is 0.259 e. The summed E-state index contributed by atoms with van der Waals surface area (Å²) >= 11 is 3.32. The van der Waals surface area contributed by atoms with E-state index in [4.69, 9.17) is 9.84 Å². The number of rotatable bonds is 8. The number of hydrogen-bond donors (Lipinski definition) is 2. The minimum Gasteiger partial charge on any atom is -0.497 e. The van der Waals surface area contributed by atoms with Gasteiger partial charge in [0.1, 0.15) is 11.4 Å². The van der Waals surface area contributed by atoms with Crippen molar-refractivity contribution in [3.05, 3.63) is 101 Å². The largest absolute Gasteiger partial charge is 0.497 e. The molecule has 0 aliphatic carbocycles. The van der Waals surface area contributed by atoms with Gasteiger partial charge in [0, 0.05) is 27.4 Å². The lowest BCUT2D eigenvalue weighted by Crippen LogP contribution is -2.34. The highest BCUT2D eigenvalue weighted by Gasteiger charge is 2.12. The van der Waals surface area contributed by atoms with E-state index in [1.54, 1.807) is 30.0 Å². The first-order valence-corrected chi connectivity index (χ1v) is 11.5. The van der Waals surface area contributed by atoms with Crippen molar-refractivity contribution < 1.29 is 14.3 Å². The van der Waals surface area contributed by atoms with Crippen molar-refractivity contribution >= 4 is 34.0 Å². The molecule has 4 rings (SSSR count). The van der Waals surface area contributed by atoms with Crippen LogP contribution in [0.25, 0.3) is 16.9 Å². The second kappa shape index (κ2) is 11.3. The zero-order chi connectivity index (χ0) is 24.6. The van der Waals surface area contributed by atoms with Crippen molar-refractivity contribution in [3.8, 4) is 22.7 Å². The number of methoxy groups -OCH3 is 1. The Morgan fingerprint density at radius 2 is 1.83 bits per heavy atom. The summed E-state index contributed by atoms with van der Waals surface area (Å²) in [5, 5.41) is 11.4. The van der Waals surface area contributed by atoms with Crippen molar-refractivity contribution in [2.75, 3.05) is 13.7 Å². The van der Waals surface area contributed by atoms with Gasteiger partial charge in [0.25, 0.3) is 11.8 Å². The van der Waals surface area contributed by atoms with Crippen LogP contribution < -0.4 is 15.5 Å². The third-order valence-corrected chi connectivity index (χ3v) is 5.51. The van der Waals surface area contributed by atoms with Crippen LogP contribution in [0.1, 0.15) is 15.9 Å². The van der Waals surface area contributed by atoms with Gasteiger partial charge in [0.2, 0.25) is 0 Å². The molecule has 0 saturated carbocycles. The SMILES string of the molecule is COc1ccc(-c2nn(-c3ccccc3)cc2/C=N\NC(=O)CNC(=O)c2cccc(Br)c2)cc1. The normalized spacial score (nSPS) is 10.8. The second-order valence-electron chi connectivity index (χ2n) is 7.43. The molecule has 9 heteroatoms. The monoisotopic (exact) mass is 531 g/mol. The molecule has 1 heterocycles. The van der Waals surface area contributed by atoms with Crippen LogP contribution in [0.15, 0.2) is 94.6 Å². The topological polar surface area (TPSA) is 97.6 Å². The lowest BCUT2D eigenvalue weighted by molar-refractivity contribution is -0.120. The molecule has 0 unspecified atom stereocenters. The smallest absolute Gasteiger partial charge is 0.259 e. The molecule has 2 amide bonds. The summed E-state index contributed by atoms with van der Waals surface area (Å²) in [4.78, 5) is 24.4. The van der Waals surface area contributed by atoms with E-state index >= 15 is 0 Å². The van der Waals surface area contributed by atoms with Crippen LogP contribution in [-0.4, -0.2) is 41.5 Å². The molecule has 0 saturated heterocycles. The highest BCUT2D eigenvalue weighted by molar-refractivity contribution is 9.10. The quantitative estimate of drug-likeness (QED) is 0.263. The maximum atomic E-state index is 12.2. The zero-order valence-corrected chi connectivity index (χ0v) is 20.4. The number of hydrogen-bond acceptors (Lipinski definition) is 5. The molecular weight excluding hydrogens is 510 g/mol. The van der Waals surface area contributed by atoms with E-state index in [1.807, 2.05) is 66.9 Å². The number of aromatic nitrogens is 2. The van der Waals surface area contributed by atoms with Gasteiger partial charge in [-0.05, 0) is 54.6 Å². The second-order valence-corrected chi connectivity index (χ2v) is 8.34. The van der Waals surface area contributed by atoms with Gasteiger partial charge in [0.05, 0.1) is 25.6 Å². The van der Waals surface area contributed by atoms with E-state index in [-0.39, 0.29) is 12.5 Å². The fourth-order valence-corrected chi connectivity index (χ4v) is 3.67. The highest BCUT2D eigenvalue weighted by Crippen LogP contribution is 2.25. The molecule has 2 N–H and O–H groups in total. The Kier molecular flexibility index (Phi) is 7.69. The minimum absolute atomic E-state index is 0.211. The molecular formula is C26H22BrN5O3. The molecule has 0 aliphatic heterocycles. The van der Waals surface area contributed by atoms with Crippen molar-refractivity contribution in [2.45, 2.75) is 0 Å². The number of nitrogens with zero attached hydrogens (tertiary/aromatic N) is 3. The number of ether oxygens (including phenoxy) is 1. The number of nitrogens with one attached hydrogen (secondary N) is 2. The zero-order valence-electron chi connectivity index (χ0n) is 18.8. The lowest BCUT2D eigenvalue weighted by atomic mass is 10.1. The predicted octanol–water partition coefficient (Wildman–Crippen LogP) is 4.19. The van der Waals surface area contributed by atoms with Crippen molar-refractivity contribution in [1.82, 2.24) is 20.5 Å². The first kappa shape index (κ1) is 23.9. The number of para-hydroxylation sites is 1. The Labute approximate surface area is 210 Å². The number of halogens is 1. The predicted molar refractivity (Wildman–Crippen MR) is 138 cm³/mol. The van der Waals surface area contributed by atoms with E-state index < -0.39 is 5.91 Å². The van der Waals surface area contributed by atoms with Gasteiger partial charge < -0.3 is 10.1 Å². The Balaban J connectivity index is 1.46. The molecule has 3 aromatic carbocycles. The van der Waals surface area contributed by atoms with Gasteiger partial charge in [0.15, 0.2) is 0 Å². The standard InChI is InChI=1S/C26H22BrN5O3/c1-35-23-12-10-18(11-13-23)25-20(17-32(31-25)22-8-3-2-4-9-22)15-29-30-24(33)16-28-26(34)19-6-5-7-21(27)14-19/h2-15,17H,16H2,1H3,(H,28,34)(H,30,33)/b29-15-. The van der Waals surface area contributed by atoms with E-state index in [1.165, 1.54) is 6.21 Å². The van der Waals surface area contributed by atoms with Gasteiger partial charge in [-0.1, -0.05) is 40.2 Å². The van der Waals surface area contributed by atoms with E-state index in [0.29, 0.717) is 16.8 Å². The van der Waals surface area contributed by atoms with Crippen LogP contribution in [0.4, 0.5) is 0 Å². The van der Waals surface area contributed by atoms with Gasteiger partial charge in [-0.2, -0.15) is 10.2 Å². The van der Waals surface area contributed by atoms with E-state index in [9.17, 15) is 9.59 Å². The number of hydrazone groups is 1. The average molecular weight is 532 g/mol. The fourth-order valence-electron chi connectivity index (χ4n) is 3.27. The van der Waals surface area contributed by atoms with E-state index in [2.05, 4.69) is 31.8 Å². The summed E-state index contributed by atoms with van der Waals surface area (Å²) in [6.07, 6.45) is 3.36. The molecule has 176 valence electrons. The maximum absolute atomic E-state index is 12.2. The molecule has 0 aliphatic rings. The average Bonchev–Trinajstić information content (AvgIpc) is 3.32. The van der Waals surface area contributed by atoms with Gasteiger partial charge in [-0.15, -0.1) is 0 Å². The third kappa shape index (κ3) is 6.21. The number of carbonyl (C=O) groups is 2. The Morgan fingerprint density at radius 1 is 1.06 bits per heavy atom. The summed E-state index contributed by atoms with van der Waals surface area (Å²) in [6, 6.07) is 24.1. The van der Waals surface area contributed by atoms with Crippen molar-refractivity contribution in [2.24, 2.45) is 5.10 Å². The summed E-state index contributed by atoms with van der Waals surface area (Å²) in [5.41, 5.74) is 6.05. The van der Waals surface area contributed by atoms with Gasteiger partial charge in [-0.25, -0.2) is 10.1 Å². The van der Waals surface area contributed by atoms with Gasteiger partial charge >= 0.3 is 0 Å².